The van der Waals surface area contributed by atoms with E-state index in [2.05, 4.69) is 21.6 Å². The summed E-state index contributed by atoms with van der Waals surface area (Å²) in [4.78, 5) is 6.33. The zero-order chi connectivity index (χ0) is 11.7. The summed E-state index contributed by atoms with van der Waals surface area (Å²) < 4.78 is 1.82. The van der Waals surface area contributed by atoms with Crippen molar-refractivity contribution in [2.45, 2.75) is 13.0 Å². The lowest BCUT2D eigenvalue weighted by atomic mass is 10.1. The van der Waals surface area contributed by atoms with E-state index >= 15 is 0 Å². The van der Waals surface area contributed by atoms with Crippen LogP contribution in [0.5, 0.6) is 0 Å². The number of rotatable bonds is 3. The van der Waals surface area contributed by atoms with Gasteiger partial charge in [-0.25, -0.2) is 0 Å². The number of hydrogen-bond acceptors (Lipinski definition) is 4. The Balaban J connectivity index is 2.28. The van der Waals surface area contributed by atoms with E-state index in [1.807, 2.05) is 30.9 Å². The highest BCUT2D eigenvalue weighted by atomic mass is 15.3. The first-order chi connectivity index (χ1) is 7.63. The maximum Gasteiger partial charge on any atom is 0.192 e. The van der Waals surface area contributed by atoms with Crippen molar-refractivity contribution in [1.82, 2.24) is 14.7 Å². The second-order valence-corrected chi connectivity index (χ2v) is 4.00. The quantitative estimate of drug-likeness (QED) is 0.757. The molecule has 0 aromatic carbocycles. The number of aromatic nitrogens is 2. The van der Waals surface area contributed by atoms with Crippen LogP contribution < -0.4 is 5.73 Å². The monoisotopic (exact) mass is 219 g/mol. The van der Waals surface area contributed by atoms with Crippen molar-refractivity contribution in [2.24, 2.45) is 17.8 Å². The minimum Gasteiger partial charge on any atom is -0.370 e. The molecule has 2 N–H and O–H groups in total. The van der Waals surface area contributed by atoms with Gasteiger partial charge in [-0.15, -0.1) is 6.58 Å². The van der Waals surface area contributed by atoms with Crippen LogP contribution in [0, 0.1) is 6.92 Å². The van der Waals surface area contributed by atoms with Crippen molar-refractivity contribution in [3.63, 3.8) is 0 Å². The Bertz CT molecular complexity index is 432. The van der Waals surface area contributed by atoms with E-state index in [4.69, 9.17) is 5.73 Å². The Kier molecular flexibility index (Phi) is 2.68. The molecule has 2 rings (SSSR count). The van der Waals surface area contributed by atoms with Crippen LogP contribution in [-0.4, -0.2) is 33.7 Å². The molecule has 1 aromatic rings. The number of hydrogen-bond donors (Lipinski definition) is 1. The van der Waals surface area contributed by atoms with Crippen LogP contribution in [0.3, 0.4) is 0 Å². The minimum absolute atomic E-state index is 0.201. The highest BCUT2D eigenvalue weighted by molar-refractivity contribution is 5.80. The fourth-order valence-electron chi connectivity index (χ4n) is 2.10. The number of nitrogens with zero attached hydrogens (tertiary/aromatic N) is 4. The average molecular weight is 219 g/mol. The molecule has 1 aliphatic heterocycles. The lowest BCUT2D eigenvalue weighted by molar-refractivity contribution is 0.379. The SMILES string of the molecule is C=CCN1C(N)=NCC1c1cn(C)nc1C. The van der Waals surface area contributed by atoms with Gasteiger partial charge in [0.1, 0.15) is 0 Å². The number of nitrogens with two attached hydrogens (primary N) is 1. The Morgan fingerprint density at radius 3 is 3.00 bits per heavy atom. The van der Waals surface area contributed by atoms with Gasteiger partial charge >= 0.3 is 0 Å². The van der Waals surface area contributed by atoms with Crippen molar-refractivity contribution >= 4 is 5.96 Å². The molecule has 0 radical (unpaired) electrons. The van der Waals surface area contributed by atoms with Crippen LogP contribution in [0.1, 0.15) is 17.3 Å². The molecule has 0 saturated heterocycles. The Morgan fingerprint density at radius 2 is 2.44 bits per heavy atom. The fraction of sp³-hybridized carbons (Fsp3) is 0.455. The van der Waals surface area contributed by atoms with E-state index in [1.165, 1.54) is 5.56 Å². The van der Waals surface area contributed by atoms with E-state index < -0.39 is 0 Å². The maximum atomic E-state index is 5.85. The van der Waals surface area contributed by atoms with Crippen molar-refractivity contribution in [3.05, 3.63) is 30.1 Å². The Labute approximate surface area is 95.3 Å². The largest absolute Gasteiger partial charge is 0.370 e. The molecule has 1 aliphatic rings. The predicted molar refractivity (Wildman–Crippen MR) is 64.1 cm³/mol. The molecular weight excluding hydrogens is 202 g/mol. The van der Waals surface area contributed by atoms with Crippen LogP contribution >= 0.6 is 0 Å². The van der Waals surface area contributed by atoms with Crippen molar-refractivity contribution in [1.29, 1.82) is 0 Å². The first kappa shape index (κ1) is 10.7. The molecule has 1 aromatic heterocycles. The van der Waals surface area contributed by atoms with Gasteiger partial charge in [0, 0.05) is 25.4 Å². The van der Waals surface area contributed by atoms with Crippen molar-refractivity contribution in [2.75, 3.05) is 13.1 Å². The normalized spacial score (nSPS) is 20.0. The van der Waals surface area contributed by atoms with E-state index in [0.29, 0.717) is 19.0 Å². The second-order valence-electron chi connectivity index (χ2n) is 4.00. The summed E-state index contributed by atoms with van der Waals surface area (Å²) in [6.07, 6.45) is 3.87. The molecule has 1 unspecified atom stereocenters. The van der Waals surface area contributed by atoms with E-state index in [9.17, 15) is 0 Å². The first-order valence-corrected chi connectivity index (χ1v) is 5.31. The molecule has 16 heavy (non-hydrogen) atoms. The molecule has 0 bridgehead atoms. The van der Waals surface area contributed by atoms with Gasteiger partial charge in [0.2, 0.25) is 0 Å². The standard InChI is InChI=1S/C11H17N5/c1-4-5-16-10(6-13-11(16)12)9-7-15(3)14-8(9)2/h4,7,10H,1,5-6H2,2-3H3,(H2,12,13). The van der Waals surface area contributed by atoms with Gasteiger partial charge in [0.15, 0.2) is 5.96 Å². The summed E-state index contributed by atoms with van der Waals surface area (Å²) in [5.41, 5.74) is 8.07. The van der Waals surface area contributed by atoms with Gasteiger partial charge in [-0.1, -0.05) is 6.08 Å². The molecule has 5 nitrogen and oxygen atoms in total. The van der Waals surface area contributed by atoms with Crippen LogP contribution in [0.15, 0.2) is 23.8 Å². The molecule has 0 amide bonds. The third-order valence-corrected chi connectivity index (χ3v) is 2.83. The van der Waals surface area contributed by atoms with Gasteiger partial charge in [-0.3, -0.25) is 9.67 Å². The van der Waals surface area contributed by atoms with Gasteiger partial charge in [-0.2, -0.15) is 5.10 Å². The molecule has 0 spiro atoms. The lowest BCUT2D eigenvalue weighted by Gasteiger charge is -2.24. The average Bonchev–Trinajstić information content (AvgIpc) is 2.73. The van der Waals surface area contributed by atoms with E-state index in [0.717, 1.165) is 5.69 Å². The van der Waals surface area contributed by atoms with Gasteiger partial charge in [-0.05, 0) is 6.92 Å². The molecule has 0 saturated carbocycles. The van der Waals surface area contributed by atoms with Gasteiger partial charge in [0.05, 0.1) is 18.3 Å². The summed E-state index contributed by atoms with van der Waals surface area (Å²) in [7, 11) is 1.92. The highest BCUT2D eigenvalue weighted by Gasteiger charge is 2.28. The maximum absolute atomic E-state index is 5.85. The predicted octanol–water partition coefficient (Wildman–Crippen LogP) is 0.586. The topological polar surface area (TPSA) is 59.4 Å². The minimum atomic E-state index is 0.201. The molecule has 2 heterocycles. The smallest absolute Gasteiger partial charge is 0.192 e. The zero-order valence-corrected chi connectivity index (χ0v) is 9.72. The third-order valence-electron chi connectivity index (χ3n) is 2.83. The molecule has 0 fully saturated rings. The second kappa shape index (κ2) is 4.00. The summed E-state index contributed by atoms with van der Waals surface area (Å²) in [5, 5.41) is 4.35. The first-order valence-electron chi connectivity index (χ1n) is 5.31. The van der Waals surface area contributed by atoms with Crippen LogP contribution in [0.25, 0.3) is 0 Å². The van der Waals surface area contributed by atoms with Gasteiger partial charge < -0.3 is 10.6 Å². The zero-order valence-electron chi connectivity index (χ0n) is 9.72. The third kappa shape index (κ3) is 1.68. The summed E-state index contributed by atoms with van der Waals surface area (Å²) >= 11 is 0. The van der Waals surface area contributed by atoms with Crippen molar-refractivity contribution < 1.29 is 0 Å². The van der Waals surface area contributed by atoms with Gasteiger partial charge in [0.25, 0.3) is 0 Å². The summed E-state index contributed by atoms with van der Waals surface area (Å²) in [6, 6.07) is 0.201. The van der Waals surface area contributed by atoms with Crippen LogP contribution in [0.4, 0.5) is 0 Å². The molecular formula is C11H17N5. The fourth-order valence-corrected chi connectivity index (χ4v) is 2.10. The van der Waals surface area contributed by atoms with Crippen LogP contribution in [0.2, 0.25) is 0 Å². The van der Waals surface area contributed by atoms with Crippen LogP contribution in [-0.2, 0) is 7.05 Å². The molecule has 0 aliphatic carbocycles. The van der Waals surface area contributed by atoms with Crippen molar-refractivity contribution in [3.8, 4) is 0 Å². The number of aliphatic imine (C=N–C) groups is 1. The van der Waals surface area contributed by atoms with E-state index in [1.54, 1.807) is 0 Å². The molecule has 1 atom stereocenters. The summed E-state index contributed by atoms with van der Waals surface area (Å²) in [5.74, 6) is 0.591. The molecule has 86 valence electrons. The number of aryl methyl sites for hydroxylation is 2. The summed E-state index contributed by atoms with van der Waals surface area (Å²) in [6.45, 7) is 7.17. The Morgan fingerprint density at radius 1 is 1.69 bits per heavy atom. The Hall–Kier alpha value is -1.78. The molecule has 5 heteroatoms. The van der Waals surface area contributed by atoms with E-state index in [-0.39, 0.29) is 6.04 Å². The number of guanidine groups is 1. The lowest BCUT2D eigenvalue weighted by Crippen LogP contribution is -2.36. The highest BCUT2D eigenvalue weighted by Crippen LogP contribution is 2.26.